The molecule has 0 aliphatic carbocycles. The van der Waals surface area contributed by atoms with Crippen LogP contribution in [0.2, 0.25) is 5.02 Å². The number of carbonyl (C=O) groups excluding carboxylic acids is 1. The molecule has 0 spiro atoms. The van der Waals surface area contributed by atoms with Gasteiger partial charge in [-0.1, -0.05) is 25.4 Å². The lowest BCUT2D eigenvalue weighted by atomic mass is 9.96. The standard InChI is InChI=1S/C15H20ClNO2/c1-9(2)14(17)8-13(18)7-11-6-12(16)5-10-3-4-19-15(10)11/h5-6,9,14H,3-4,7-8,17H2,1-2H3. The van der Waals surface area contributed by atoms with E-state index in [9.17, 15) is 4.79 Å². The monoisotopic (exact) mass is 281 g/mol. The molecule has 2 N–H and O–H groups in total. The fourth-order valence-electron chi connectivity index (χ4n) is 2.26. The third kappa shape index (κ3) is 3.48. The Hall–Kier alpha value is -1.06. The fourth-order valence-corrected chi connectivity index (χ4v) is 2.52. The zero-order valence-electron chi connectivity index (χ0n) is 11.4. The summed E-state index contributed by atoms with van der Waals surface area (Å²) in [6.07, 6.45) is 1.62. The number of nitrogens with two attached hydrogens (primary N) is 1. The molecule has 1 unspecified atom stereocenters. The number of Topliss-reactive ketones (excluding diaryl/α,β-unsaturated/α-hetero) is 1. The maximum Gasteiger partial charge on any atom is 0.138 e. The van der Waals surface area contributed by atoms with Crippen LogP contribution in [0.15, 0.2) is 12.1 Å². The number of rotatable bonds is 5. The van der Waals surface area contributed by atoms with E-state index >= 15 is 0 Å². The molecule has 2 rings (SSSR count). The predicted octanol–water partition coefficient (Wildman–Crippen LogP) is 2.76. The SMILES string of the molecule is CC(C)C(N)CC(=O)Cc1cc(Cl)cc2c1OCC2. The van der Waals surface area contributed by atoms with Crippen molar-refractivity contribution in [3.63, 3.8) is 0 Å². The first-order chi connectivity index (χ1) is 8.97. The van der Waals surface area contributed by atoms with Crippen LogP contribution in [-0.2, 0) is 17.6 Å². The Morgan fingerprint density at radius 2 is 2.21 bits per heavy atom. The van der Waals surface area contributed by atoms with Crippen molar-refractivity contribution in [3.8, 4) is 5.75 Å². The van der Waals surface area contributed by atoms with E-state index in [4.69, 9.17) is 22.1 Å². The molecule has 1 heterocycles. The summed E-state index contributed by atoms with van der Waals surface area (Å²) >= 11 is 6.08. The number of benzene rings is 1. The van der Waals surface area contributed by atoms with Crippen LogP contribution < -0.4 is 10.5 Å². The van der Waals surface area contributed by atoms with Crippen molar-refractivity contribution in [1.29, 1.82) is 0 Å². The lowest BCUT2D eigenvalue weighted by molar-refractivity contribution is -0.119. The Bertz CT molecular complexity index is 485. The first kappa shape index (κ1) is 14.4. The van der Waals surface area contributed by atoms with E-state index in [1.54, 1.807) is 0 Å². The van der Waals surface area contributed by atoms with E-state index in [1.807, 2.05) is 26.0 Å². The van der Waals surface area contributed by atoms with E-state index in [2.05, 4.69) is 0 Å². The summed E-state index contributed by atoms with van der Waals surface area (Å²) in [6, 6.07) is 3.66. The van der Waals surface area contributed by atoms with Crippen molar-refractivity contribution in [1.82, 2.24) is 0 Å². The van der Waals surface area contributed by atoms with Gasteiger partial charge in [-0.15, -0.1) is 0 Å². The average molecular weight is 282 g/mol. The lowest BCUT2D eigenvalue weighted by Gasteiger charge is -2.15. The summed E-state index contributed by atoms with van der Waals surface area (Å²) in [5.74, 6) is 1.29. The third-order valence-corrected chi connectivity index (χ3v) is 3.75. The Balaban J connectivity index is 2.09. The second-order valence-electron chi connectivity index (χ2n) is 5.48. The minimum atomic E-state index is -0.0827. The van der Waals surface area contributed by atoms with Crippen LogP contribution in [0.1, 0.15) is 31.4 Å². The lowest BCUT2D eigenvalue weighted by Crippen LogP contribution is -2.29. The summed E-state index contributed by atoms with van der Waals surface area (Å²) in [4.78, 5) is 12.1. The van der Waals surface area contributed by atoms with Crippen LogP contribution >= 0.6 is 11.6 Å². The molecule has 0 bridgehead atoms. The van der Waals surface area contributed by atoms with Gasteiger partial charge in [0.1, 0.15) is 11.5 Å². The molecule has 0 radical (unpaired) electrons. The molecule has 1 aliphatic heterocycles. The van der Waals surface area contributed by atoms with Crippen molar-refractivity contribution in [3.05, 3.63) is 28.3 Å². The molecule has 0 aromatic heterocycles. The third-order valence-electron chi connectivity index (χ3n) is 3.53. The molecule has 0 saturated carbocycles. The van der Waals surface area contributed by atoms with Gasteiger partial charge in [-0.2, -0.15) is 0 Å². The van der Waals surface area contributed by atoms with Crippen molar-refractivity contribution in [2.24, 2.45) is 11.7 Å². The zero-order valence-corrected chi connectivity index (χ0v) is 12.2. The molecule has 1 aliphatic rings. The van der Waals surface area contributed by atoms with Gasteiger partial charge in [-0.25, -0.2) is 0 Å². The Labute approximate surface area is 119 Å². The van der Waals surface area contributed by atoms with Gasteiger partial charge in [0, 0.05) is 35.9 Å². The quantitative estimate of drug-likeness (QED) is 0.903. The summed E-state index contributed by atoms with van der Waals surface area (Å²) in [5, 5.41) is 0.667. The molecule has 0 fully saturated rings. The summed E-state index contributed by atoms with van der Waals surface area (Å²) in [7, 11) is 0. The normalized spacial score (nSPS) is 15.2. The average Bonchev–Trinajstić information content (AvgIpc) is 2.76. The van der Waals surface area contributed by atoms with Crippen molar-refractivity contribution in [2.75, 3.05) is 6.61 Å². The van der Waals surface area contributed by atoms with Gasteiger partial charge in [0.15, 0.2) is 0 Å². The predicted molar refractivity (Wildman–Crippen MR) is 76.8 cm³/mol. The fraction of sp³-hybridized carbons (Fsp3) is 0.533. The Kier molecular flexibility index (Phi) is 4.48. The number of hydrogen-bond donors (Lipinski definition) is 1. The Morgan fingerprint density at radius 1 is 1.47 bits per heavy atom. The van der Waals surface area contributed by atoms with Crippen molar-refractivity contribution < 1.29 is 9.53 Å². The van der Waals surface area contributed by atoms with E-state index in [-0.39, 0.29) is 11.8 Å². The van der Waals surface area contributed by atoms with Crippen LogP contribution in [0, 0.1) is 5.92 Å². The Morgan fingerprint density at radius 3 is 2.89 bits per heavy atom. The highest BCUT2D eigenvalue weighted by molar-refractivity contribution is 6.30. The minimum absolute atomic E-state index is 0.0827. The number of ether oxygens (including phenoxy) is 1. The van der Waals surface area contributed by atoms with E-state index in [0.717, 1.165) is 23.3 Å². The molecule has 104 valence electrons. The highest BCUT2D eigenvalue weighted by Gasteiger charge is 2.20. The van der Waals surface area contributed by atoms with Gasteiger partial charge < -0.3 is 10.5 Å². The minimum Gasteiger partial charge on any atom is -0.493 e. The first-order valence-corrected chi connectivity index (χ1v) is 7.06. The highest BCUT2D eigenvalue weighted by Crippen LogP contribution is 2.33. The number of halogens is 1. The van der Waals surface area contributed by atoms with Gasteiger partial charge in [0.25, 0.3) is 0 Å². The molecular formula is C15H20ClNO2. The first-order valence-electron chi connectivity index (χ1n) is 6.68. The second-order valence-corrected chi connectivity index (χ2v) is 5.92. The van der Waals surface area contributed by atoms with Crippen LogP contribution in [0.3, 0.4) is 0 Å². The molecule has 1 aromatic carbocycles. The molecule has 1 aromatic rings. The molecule has 0 saturated heterocycles. The molecular weight excluding hydrogens is 262 g/mol. The molecule has 1 atom stereocenters. The van der Waals surface area contributed by atoms with Crippen molar-refractivity contribution in [2.45, 2.75) is 39.2 Å². The van der Waals surface area contributed by atoms with E-state index < -0.39 is 0 Å². The topological polar surface area (TPSA) is 52.3 Å². The molecule has 3 nitrogen and oxygen atoms in total. The maximum atomic E-state index is 12.1. The van der Waals surface area contributed by atoms with Gasteiger partial charge in [0.05, 0.1) is 6.61 Å². The summed E-state index contributed by atoms with van der Waals surface area (Å²) < 4.78 is 5.60. The zero-order chi connectivity index (χ0) is 14.0. The number of ketones is 1. The van der Waals surface area contributed by atoms with Crippen LogP contribution in [0.4, 0.5) is 0 Å². The van der Waals surface area contributed by atoms with E-state index in [0.29, 0.717) is 30.4 Å². The second kappa shape index (κ2) is 5.93. The largest absolute Gasteiger partial charge is 0.493 e. The number of fused-ring (bicyclic) bond motifs is 1. The van der Waals surface area contributed by atoms with Crippen LogP contribution in [0.5, 0.6) is 5.75 Å². The van der Waals surface area contributed by atoms with E-state index in [1.165, 1.54) is 0 Å². The summed E-state index contributed by atoms with van der Waals surface area (Å²) in [6.45, 7) is 4.72. The smallest absolute Gasteiger partial charge is 0.138 e. The van der Waals surface area contributed by atoms with Gasteiger partial charge in [-0.3, -0.25) is 4.79 Å². The van der Waals surface area contributed by atoms with Crippen LogP contribution in [0.25, 0.3) is 0 Å². The molecule has 0 amide bonds. The maximum absolute atomic E-state index is 12.1. The number of carbonyl (C=O) groups is 1. The van der Waals surface area contributed by atoms with Gasteiger partial charge >= 0.3 is 0 Å². The van der Waals surface area contributed by atoms with Crippen LogP contribution in [-0.4, -0.2) is 18.4 Å². The van der Waals surface area contributed by atoms with Gasteiger partial charge in [0.2, 0.25) is 0 Å². The molecule has 19 heavy (non-hydrogen) atoms. The summed E-state index contributed by atoms with van der Waals surface area (Å²) in [5.41, 5.74) is 7.93. The van der Waals surface area contributed by atoms with Crippen molar-refractivity contribution >= 4 is 17.4 Å². The highest BCUT2D eigenvalue weighted by atomic mass is 35.5. The number of hydrogen-bond acceptors (Lipinski definition) is 3. The van der Waals surface area contributed by atoms with Gasteiger partial charge in [-0.05, 0) is 23.6 Å². The molecule has 4 heteroatoms.